The number of nitro benzene ring substituents is 1. The van der Waals surface area contributed by atoms with Crippen molar-refractivity contribution in [3.8, 4) is 0 Å². The second-order valence-corrected chi connectivity index (χ2v) is 8.05. The minimum absolute atomic E-state index is 0.00276. The summed E-state index contributed by atoms with van der Waals surface area (Å²) >= 11 is 5.95. The quantitative estimate of drug-likeness (QED) is 0.504. The van der Waals surface area contributed by atoms with Gasteiger partial charge in [0.2, 0.25) is 5.91 Å². The molecule has 0 aromatic heterocycles. The molecule has 0 bridgehead atoms. The first-order valence-corrected chi connectivity index (χ1v) is 10.6. The second kappa shape index (κ2) is 10.9. The van der Waals surface area contributed by atoms with Crippen molar-refractivity contribution in [2.45, 2.75) is 31.8 Å². The van der Waals surface area contributed by atoms with Crippen molar-refractivity contribution in [3.05, 3.63) is 74.8 Å². The molecule has 2 amide bonds. The summed E-state index contributed by atoms with van der Waals surface area (Å²) < 4.78 is 0. The first-order chi connectivity index (χ1) is 14.9. The van der Waals surface area contributed by atoms with Crippen LogP contribution in [-0.2, 0) is 11.3 Å². The van der Waals surface area contributed by atoms with E-state index in [2.05, 4.69) is 15.5 Å². The van der Waals surface area contributed by atoms with E-state index in [1.54, 1.807) is 0 Å². The molecule has 2 N–H and O–H groups in total. The Bertz CT molecular complexity index is 935. The molecule has 0 saturated carbocycles. The molecular formula is C22H25ClN4O4. The topological polar surface area (TPSA) is 105 Å². The molecule has 2 aromatic carbocycles. The Morgan fingerprint density at radius 3 is 2.68 bits per heavy atom. The number of benzene rings is 2. The van der Waals surface area contributed by atoms with Gasteiger partial charge >= 0.3 is 0 Å². The normalized spacial score (nSPS) is 16.9. The third kappa shape index (κ3) is 7.04. The number of halogens is 1. The van der Waals surface area contributed by atoms with E-state index >= 15 is 0 Å². The maximum absolute atomic E-state index is 12.4. The summed E-state index contributed by atoms with van der Waals surface area (Å²) in [5, 5.41) is 17.1. The van der Waals surface area contributed by atoms with Crippen molar-refractivity contribution < 1.29 is 14.5 Å². The molecule has 1 atom stereocenters. The molecule has 3 rings (SSSR count). The third-order valence-electron chi connectivity index (χ3n) is 5.17. The second-order valence-electron chi connectivity index (χ2n) is 7.61. The zero-order chi connectivity index (χ0) is 22.2. The number of likely N-dealkylation sites (tertiary alicyclic amines) is 1. The minimum atomic E-state index is -0.564. The zero-order valence-electron chi connectivity index (χ0n) is 17.1. The number of nitrogens with zero attached hydrogens (tertiary/aromatic N) is 2. The lowest BCUT2D eigenvalue weighted by molar-refractivity contribution is -0.384. The van der Waals surface area contributed by atoms with Crippen LogP contribution in [0.2, 0.25) is 5.02 Å². The first-order valence-electron chi connectivity index (χ1n) is 10.2. The fourth-order valence-corrected chi connectivity index (χ4v) is 3.76. The standard InChI is InChI=1S/C22H25ClN4O4/c23-18-9-7-16(8-10-18)14-26-11-2-1-5-19(15-26)25-21(28)13-24-22(29)17-4-3-6-20(12-17)27(30)31/h3-4,6-10,12,19H,1-2,5,11,13-15H2,(H,24,29)(H,25,28). The number of carbonyl (C=O) groups is 2. The Kier molecular flexibility index (Phi) is 7.97. The van der Waals surface area contributed by atoms with Crippen LogP contribution in [0, 0.1) is 10.1 Å². The Labute approximate surface area is 185 Å². The SMILES string of the molecule is O=C(CNC(=O)c1cccc([N+](=O)[O-])c1)NC1CCCCN(Cc2ccc(Cl)cc2)C1. The number of hydrogen-bond acceptors (Lipinski definition) is 5. The Hall–Kier alpha value is -2.97. The van der Waals surface area contributed by atoms with Crippen LogP contribution in [0.4, 0.5) is 5.69 Å². The van der Waals surface area contributed by atoms with E-state index in [0.29, 0.717) is 5.02 Å². The molecule has 1 aliphatic rings. The van der Waals surface area contributed by atoms with Crippen molar-refractivity contribution in [2.75, 3.05) is 19.6 Å². The summed E-state index contributed by atoms with van der Waals surface area (Å²) in [6, 6.07) is 13.2. The van der Waals surface area contributed by atoms with Gasteiger partial charge in [-0.15, -0.1) is 0 Å². The van der Waals surface area contributed by atoms with Gasteiger partial charge in [0.25, 0.3) is 11.6 Å². The highest BCUT2D eigenvalue weighted by Gasteiger charge is 2.20. The van der Waals surface area contributed by atoms with E-state index in [9.17, 15) is 19.7 Å². The van der Waals surface area contributed by atoms with Gasteiger partial charge in [-0.25, -0.2) is 0 Å². The molecule has 1 fully saturated rings. The molecular weight excluding hydrogens is 420 g/mol. The Morgan fingerprint density at radius 2 is 1.94 bits per heavy atom. The molecule has 9 heteroatoms. The number of nitrogens with one attached hydrogen (secondary N) is 2. The lowest BCUT2D eigenvalue weighted by atomic mass is 10.1. The predicted octanol–water partition coefficient (Wildman–Crippen LogP) is 3.15. The van der Waals surface area contributed by atoms with E-state index in [1.807, 2.05) is 24.3 Å². The zero-order valence-corrected chi connectivity index (χ0v) is 17.8. The highest BCUT2D eigenvalue weighted by molar-refractivity contribution is 6.30. The molecule has 164 valence electrons. The monoisotopic (exact) mass is 444 g/mol. The number of non-ortho nitro benzene ring substituents is 1. The maximum atomic E-state index is 12.4. The number of carbonyl (C=O) groups excluding carboxylic acids is 2. The highest BCUT2D eigenvalue weighted by Crippen LogP contribution is 2.16. The van der Waals surface area contributed by atoms with Gasteiger partial charge in [-0.1, -0.05) is 36.2 Å². The van der Waals surface area contributed by atoms with Crippen molar-refractivity contribution in [2.24, 2.45) is 0 Å². The van der Waals surface area contributed by atoms with E-state index in [4.69, 9.17) is 11.6 Å². The largest absolute Gasteiger partial charge is 0.351 e. The van der Waals surface area contributed by atoms with Gasteiger partial charge < -0.3 is 10.6 Å². The fourth-order valence-electron chi connectivity index (χ4n) is 3.63. The summed E-state index contributed by atoms with van der Waals surface area (Å²) in [4.78, 5) is 37.2. The Balaban J connectivity index is 1.49. The molecule has 31 heavy (non-hydrogen) atoms. The summed E-state index contributed by atoms with van der Waals surface area (Å²) in [5.74, 6) is -0.804. The molecule has 1 saturated heterocycles. The maximum Gasteiger partial charge on any atom is 0.270 e. The lowest BCUT2D eigenvalue weighted by Crippen LogP contribution is -2.46. The van der Waals surface area contributed by atoms with E-state index < -0.39 is 10.8 Å². The molecule has 8 nitrogen and oxygen atoms in total. The van der Waals surface area contributed by atoms with Crippen LogP contribution in [-0.4, -0.2) is 47.3 Å². The van der Waals surface area contributed by atoms with Crippen LogP contribution in [0.25, 0.3) is 0 Å². The van der Waals surface area contributed by atoms with Gasteiger partial charge in [0.05, 0.1) is 11.5 Å². The summed E-state index contributed by atoms with van der Waals surface area (Å²) in [7, 11) is 0. The third-order valence-corrected chi connectivity index (χ3v) is 5.42. The summed E-state index contributed by atoms with van der Waals surface area (Å²) in [5.41, 5.74) is 1.14. The summed E-state index contributed by atoms with van der Waals surface area (Å²) in [6.45, 7) is 2.29. The van der Waals surface area contributed by atoms with Gasteiger partial charge in [-0.05, 0) is 43.1 Å². The smallest absolute Gasteiger partial charge is 0.270 e. The fraction of sp³-hybridized carbons (Fsp3) is 0.364. The Morgan fingerprint density at radius 1 is 1.16 bits per heavy atom. The van der Waals surface area contributed by atoms with Crippen LogP contribution in [0.5, 0.6) is 0 Å². The molecule has 1 unspecified atom stereocenters. The number of rotatable bonds is 7. The number of nitro groups is 1. The van der Waals surface area contributed by atoms with Crippen molar-refractivity contribution in [3.63, 3.8) is 0 Å². The summed E-state index contributed by atoms with van der Waals surface area (Å²) in [6.07, 6.45) is 2.95. The molecule has 0 spiro atoms. The molecule has 1 aliphatic heterocycles. The van der Waals surface area contributed by atoms with E-state index in [-0.39, 0.29) is 29.7 Å². The molecule has 1 heterocycles. The van der Waals surface area contributed by atoms with Crippen molar-refractivity contribution >= 4 is 29.1 Å². The minimum Gasteiger partial charge on any atom is -0.351 e. The van der Waals surface area contributed by atoms with Crippen LogP contribution in [0.3, 0.4) is 0 Å². The van der Waals surface area contributed by atoms with Crippen LogP contribution < -0.4 is 10.6 Å². The van der Waals surface area contributed by atoms with Crippen molar-refractivity contribution in [1.29, 1.82) is 0 Å². The van der Waals surface area contributed by atoms with Gasteiger partial charge in [-0.3, -0.25) is 24.6 Å². The van der Waals surface area contributed by atoms with Crippen molar-refractivity contribution in [1.82, 2.24) is 15.5 Å². The number of amides is 2. The lowest BCUT2D eigenvalue weighted by Gasteiger charge is -2.25. The molecule has 2 aromatic rings. The predicted molar refractivity (Wildman–Crippen MR) is 118 cm³/mol. The van der Waals surface area contributed by atoms with Gasteiger partial charge in [0, 0.05) is 41.9 Å². The van der Waals surface area contributed by atoms with Crippen LogP contribution in [0.15, 0.2) is 48.5 Å². The molecule has 0 radical (unpaired) electrons. The number of hydrogen-bond donors (Lipinski definition) is 2. The highest BCUT2D eigenvalue weighted by atomic mass is 35.5. The molecule has 0 aliphatic carbocycles. The van der Waals surface area contributed by atoms with Gasteiger partial charge in [0.1, 0.15) is 0 Å². The van der Waals surface area contributed by atoms with Crippen LogP contribution in [0.1, 0.15) is 35.2 Å². The van der Waals surface area contributed by atoms with Crippen LogP contribution >= 0.6 is 11.6 Å². The van der Waals surface area contributed by atoms with E-state index in [0.717, 1.165) is 38.9 Å². The van der Waals surface area contributed by atoms with Gasteiger partial charge in [0.15, 0.2) is 0 Å². The first kappa shape index (κ1) is 22.7. The average molecular weight is 445 g/mol. The van der Waals surface area contributed by atoms with E-state index in [1.165, 1.54) is 29.8 Å². The average Bonchev–Trinajstić information content (AvgIpc) is 2.98. The van der Waals surface area contributed by atoms with Gasteiger partial charge in [-0.2, -0.15) is 0 Å².